The molecule has 0 amide bonds. The third-order valence-electron chi connectivity index (χ3n) is 3.23. The van der Waals surface area contributed by atoms with Crippen molar-refractivity contribution in [2.24, 2.45) is 0 Å². The Morgan fingerprint density at radius 3 is 2.78 bits per heavy atom. The molecule has 0 spiro atoms. The maximum Gasteiger partial charge on any atom is 0.338 e. The highest BCUT2D eigenvalue weighted by atomic mass is 32.1. The number of nitrogens with zero attached hydrogens (tertiary/aromatic N) is 1. The molecule has 0 aliphatic carbocycles. The molecule has 5 nitrogen and oxygen atoms in total. The van der Waals surface area contributed by atoms with E-state index in [1.54, 1.807) is 25.3 Å². The van der Waals surface area contributed by atoms with Crippen LogP contribution in [0.4, 0.5) is 5.69 Å². The molecule has 2 N–H and O–H groups in total. The molecule has 0 aliphatic heterocycles. The number of rotatable bonds is 5. The van der Waals surface area contributed by atoms with E-state index in [0.29, 0.717) is 23.8 Å². The highest BCUT2D eigenvalue weighted by Crippen LogP contribution is 2.19. The molecule has 0 aliphatic rings. The normalized spacial score (nSPS) is 10.0. The lowest BCUT2D eigenvalue weighted by atomic mass is 10.1. The van der Waals surface area contributed by atoms with Crippen LogP contribution >= 0.6 is 12.2 Å². The second kappa shape index (κ2) is 8.24. The maximum atomic E-state index is 11.9. The monoisotopic (exact) mass is 329 g/mol. The van der Waals surface area contributed by atoms with E-state index in [0.717, 1.165) is 16.9 Å². The number of anilines is 1. The lowest BCUT2D eigenvalue weighted by Gasteiger charge is -2.14. The predicted molar refractivity (Wildman–Crippen MR) is 94.4 cm³/mol. The van der Waals surface area contributed by atoms with E-state index in [4.69, 9.17) is 17.0 Å². The highest BCUT2D eigenvalue weighted by Gasteiger charge is 2.13. The molecule has 1 aromatic heterocycles. The van der Waals surface area contributed by atoms with Crippen molar-refractivity contribution in [3.63, 3.8) is 0 Å². The molecule has 1 heterocycles. The van der Waals surface area contributed by atoms with Crippen LogP contribution in [0.1, 0.15) is 28.5 Å². The van der Waals surface area contributed by atoms with Gasteiger partial charge >= 0.3 is 5.97 Å². The number of aromatic nitrogens is 1. The third kappa shape index (κ3) is 4.75. The van der Waals surface area contributed by atoms with Gasteiger partial charge in [0.2, 0.25) is 0 Å². The summed E-state index contributed by atoms with van der Waals surface area (Å²) in [6, 6.07) is 11.1. The zero-order valence-corrected chi connectivity index (χ0v) is 13.9. The number of ether oxygens (including phenoxy) is 1. The minimum Gasteiger partial charge on any atom is -0.462 e. The van der Waals surface area contributed by atoms with Gasteiger partial charge in [-0.2, -0.15) is 0 Å². The fourth-order valence-corrected chi connectivity index (χ4v) is 2.22. The Morgan fingerprint density at radius 2 is 2.09 bits per heavy atom. The number of thiocarbonyl (C=S) groups is 1. The first kappa shape index (κ1) is 16.9. The molecule has 0 atom stereocenters. The van der Waals surface area contributed by atoms with E-state index in [1.165, 1.54) is 0 Å². The van der Waals surface area contributed by atoms with Crippen LogP contribution in [-0.4, -0.2) is 22.7 Å². The number of hydrogen-bond donors (Lipinski definition) is 2. The van der Waals surface area contributed by atoms with Gasteiger partial charge in [0.1, 0.15) is 0 Å². The van der Waals surface area contributed by atoms with Crippen molar-refractivity contribution >= 4 is 29.0 Å². The molecule has 0 unspecified atom stereocenters. The summed E-state index contributed by atoms with van der Waals surface area (Å²) >= 11 is 5.29. The van der Waals surface area contributed by atoms with Gasteiger partial charge in [0.25, 0.3) is 0 Å². The average Bonchev–Trinajstić information content (AvgIpc) is 2.56. The highest BCUT2D eigenvalue weighted by molar-refractivity contribution is 7.80. The summed E-state index contributed by atoms with van der Waals surface area (Å²) in [6.45, 7) is 4.52. The van der Waals surface area contributed by atoms with Crippen LogP contribution in [0.5, 0.6) is 0 Å². The molecule has 0 saturated carbocycles. The summed E-state index contributed by atoms with van der Waals surface area (Å²) in [5.74, 6) is -0.332. The smallest absolute Gasteiger partial charge is 0.338 e. The minimum atomic E-state index is -0.332. The van der Waals surface area contributed by atoms with Crippen molar-refractivity contribution < 1.29 is 9.53 Å². The van der Waals surface area contributed by atoms with E-state index in [-0.39, 0.29) is 5.97 Å². The number of esters is 1. The SMILES string of the molecule is CCOC(=O)c1cccc(NC(=S)NCc2ccccn2)c1C. The number of benzene rings is 1. The van der Waals surface area contributed by atoms with E-state index in [1.807, 2.05) is 31.2 Å². The quantitative estimate of drug-likeness (QED) is 0.649. The Balaban J connectivity index is 2.00. The molecule has 0 bridgehead atoms. The van der Waals surface area contributed by atoms with Gasteiger partial charge in [0.05, 0.1) is 24.4 Å². The fourth-order valence-electron chi connectivity index (χ4n) is 2.04. The van der Waals surface area contributed by atoms with Gasteiger partial charge in [-0.05, 0) is 55.9 Å². The first-order valence-corrected chi connectivity index (χ1v) is 7.74. The summed E-state index contributed by atoms with van der Waals surface area (Å²) in [6.07, 6.45) is 1.74. The van der Waals surface area contributed by atoms with Crippen molar-refractivity contribution in [2.75, 3.05) is 11.9 Å². The molecule has 0 radical (unpaired) electrons. The molecule has 6 heteroatoms. The van der Waals surface area contributed by atoms with Gasteiger partial charge in [0.15, 0.2) is 5.11 Å². The van der Waals surface area contributed by atoms with Crippen LogP contribution in [0.15, 0.2) is 42.6 Å². The van der Waals surface area contributed by atoms with Gasteiger partial charge in [-0.3, -0.25) is 4.98 Å². The van der Waals surface area contributed by atoms with Gasteiger partial charge in [0, 0.05) is 11.9 Å². The Labute approximate surface area is 141 Å². The van der Waals surface area contributed by atoms with E-state index < -0.39 is 0 Å². The summed E-state index contributed by atoms with van der Waals surface area (Å²) in [4.78, 5) is 16.1. The number of carbonyl (C=O) groups excluding carboxylic acids is 1. The molecule has 2 aromatic rings. The summed E-state index contributed by atoms with van der Waals surface area (Å²) in [7, 11) is 0. The first-order valence-electron chi connectivity index (χ1n) is 7.33. The molecular formula is C17H19N3O2S. The minimum absolute atomic E-state index is 0.332. The van der Waals surface area contributed by atoms with E-state index in [2.05, 4.69) is 15.6 Å². The Hall–Kier alpha value is -2.47. The van der Waals surface area contributed by atoms with E-state index >= 15 is 0 Å². The largest absolute Gasteiger partial charge is 0.462 e. The number of carbonyl (C=O) groups is 1. The topological polar surface area (TPSA) is 63.2 Å². The lowest BCUT2D eigenvalue weighted by Crippen LogP contribution is -2.28. The maximum absolute atomic E-state index is 11.9. The van der Waals surface area contributed by atoms with Crippen LogP contribution in [0.3, 0.4) is 0 Å². The zero-order chi connectivity index (χ0) is 16.7. The zero-order valence-electron chi connectivity index (χ0n) is 13.1. The standard InChI is InChI=1S/C17H19N3O2S/c1-3-22-16(21)14-8-6-9-15(12(14)2)20-17(23)19-11-13-7-4-5-10-18-13/h4-10H,3,11H2,1-2H3,(H2,19,20,23). The van der Waals surface area contributed by atoms with Crippen molar-refractivity contribution in [2.45, 2.75) is 20.4 Å². The van der Waals surface area contributed by atoms with Crippen molar-refractivity contribution in [3.8, 4) is 0 Å². The molecule has 23 heavy (non-hydrogen) atoms. The molecule has 0 saturated heterocycles. The molecule has 120 valence electrons. The Kier molecular flexibility index (Phi) is 6.05. The fraction of sp³-hybridized carbons (Fsp3) is 0.235. The number of nitrogens with one attached hydrogen (secondary N) is 2. The lowest BCUT2D eigenvalue weighted by molar-refractivity contribution is 0.0525. The summed E-state index contributed by atoms with van der Waals surface area (Å²) < 4.78 is 5.05. The molecule has 1 aromatic carbocycles. The molecule has 0 fully saturated rings. The second-order valence-corrected chi connectivity index (χ2v) is 5.24. The van der Waals surface area contributed by atoms with Gasteiger partial charge in [-0.1, -0.05) is 12.1 Å². The Bertz CT molecular complexity index is 689. The second-order valence-electron chi connectivity index (χ2n) is 4.83. The summed E-state index contributed by atoms with van der Waals surface area (Å²) in [5.41, 5.74) is 3.00. The third-order valence-corrected chi connectivity index (χ3v) is 3.48. The number of hydrogen-bond acceptors (Lipinski definition) is 4. The van der Waals surface area contributed by atoms with Crippen molar-refractivity contribution in [1.82, 2.24) is 10.3 Å². The Morgan fingerprint density at radius 1 is 1.26 bits per heavy atom. The van der Waals surface area contributed by atoms with Crippen molar-refractivity contribution in [3.05, 3.63) is 59.4 Å². The van der Waals surface area contributed by atoms with Crippen LogP contribution in [0.25, 0.3) is 0 Å². The average molecular weight is 329 g/mol. The number of pyridine rings is 1. The van der Waals surface area contributed by atoms with Crippen molar-refractivity contribution in [1.29, 1.82) is 0 Å². The first-order chi connectivity index (χ1) is 11.1. The van der Waals surface area contributed by atoms with Crippen LogP contribution in [0, 0.1) is 6.92 Å². The van der Waals surface area contributed by atoms with E-state index in [9.17, 15) is 4.79 Å². The molecular weight excluding hydrogens is 310 g/mol. The van der Waals surface area contributed by atoms with Gasteiger partial charge < -0.3 is 15.4 Å². The van der Waals surface area contributed by atoms with Crippen LogP contribution in [-0.2, 0) is 11.3 Å². The van der Waals surface area contributed by atoms with Crippen LogP contribution in [0.2, 0.25) is 0 Å². The van der Waals surface area contributed by atoms with Crippen LogP contribution < -0.4 is 10.6 Å². The summed E-state index contributed by atoms with van der Waals surface area (Å²) in [5, 5.41) is 6.66. The van der Waals surface area contributed by atoms with Gasteiger partial charge in [-0.25, -0.2) is 4.79 Å². The van der Waals surface area contributed by atoms with Gasteiger partial charge in [-0.15, -0.1) is 0 Å². The molecule has 2 rings (SSSR count). The predicted octanol–water partition coefficient (Wildman–Crippen LogP) is 3.05.